The molecule has 0 N–H and O–H groups in total. The number of hydrogen-bond acceptors (Lipinski definition) is 4. The quantitative estimate of drug-likeness (QED) is 0.660. The third-order valence-corrected chi connectivity index (χ3v) is 1.59. The Bertz CT molecular complexity index is 362. The zero-order chi connectivity index (χ0) is 10.9. The first-order valence-electron chi connectivity index (χ1n) is 4.45. The number of carbonyl (C=O) groups is 1. The summed E-state index contributed by atoms with van der Waals surface area (Å²) in [6.07, 6.45) is 3.15. The van der Waals surface area contributed by atoms with Crippen molar-refractivity contribution in [1.82, 2.24) is 15.4 Å². The van der Waals surface area contributed by atoms with Crippen LogP contribution in [0.25, 0.3) is 0 Å². The number of hydrogen-bond donors (Lipinski definition) is 0. The van der Waals surface area contributed by atoms with Crippen molar-refractivity contribution in [1.29, 1.82) is 0 Å². The lowest BCUT2D eigenvalue weighted by molar-refractivity contribution is 0.101. The fraction of sp³-hybridized carbons (Fsp3) is 0.0909. The Morgan fingerprint density at radius 1 is 1.00 bits per heavy atom. The maximum Gasteiger partial charge on any atom is 0.159 e. The minimum absolute atomic E-state index is 0.121. The summed E-state index contributed by atoms with van der Waals surface area (Å²) in [7, 11) is 0. The predicted octanol–water partition coefficient (Wildman–Crippen LogP) is 1.76. The molecule has 0 atom stereocenters. The van der Waals surface area contributed by atoms with Crippen LogP contribution in [-0.2, 0) is 0 Å². The molecule has 4 nitrogen and oxygen atoms in total. The van der Waals surface area contributed by atoms with Crippen molar-refractivity contribution in [3.63, 3.8) is 0 Å². The molecule has 4 heteroatoms. The van der Waals surface area contributed by atoms with Gasteiger partial charge in [-0.2, -0.15) is 0 Å². The van der Waals surface area contributed by atoms with Gasteiger partial charge in [0.25, 0.3) is 0 Å². The van der Waals surface area contributed by atoms with E-state index in [9.17, 15) is 4.79 Å². The molecule has 0 saturated carbocycles. The van der Waals surface area contributed by atoms with Gasteiger partial charge in [0.05, 0.1) is 12.4 Å². The molecule has 1 heterocycles. The Hall–Kier alpha value is -2.10. The summed E-state index contributed by atoms with van der Waals surface area (Å²) in [5, 5.41) is 10.1. The normalized spacial score (nSPS) is 8.60. The Morgan fingerprint density at radius 2 is 1.60 bits per heavy atom. The van der Waals surface area contributed by atoms with Gasteiger partial charge in [-0.3, -0.25) is 4.79 Å². The summed E-state index contributed by atoms with van der Waals surface area (Å²) in [6.45, 7) is 1.56. The minimum Gasteiger partial charge on any atom is -0.295 e. The van der Waals surface area contributed by atoms with E-state index in [1.165, 1.54) is 0 Å². The predicted molar refractivity (Wildman–Crippen MR) is 56.3 cm³/mol. The summed E-state index contributed by atoms with van der Waals surface area (Å²) >= 11 is 0. The standard InChI is InChI=1S/C8H8O.C3H3N3/c1-7(9)8-5-3-2-4-6-8;1-2-4-6-5-3-1/h2-6H,1H3;1-3H. The van der Waals surface area contributed by atoms with Gasteiger partial charge in [-0.15, -0.1) is 10.2 Å². The van der Waals surface area contributed by atoms with E-state index in [-0.39, 0.29) is 5.78 Å². The second-order valence-corrected chi connectivity index (χ2v) is 2.73. The molecule has 0 radical (unpaired) electrons. The first kappa shape index (κ1) is 11.0. The highest BCUT2D eigenvalue weighted by atomic mass is 16.1. The largest absolute Gasteiger partial charge is 0.295 e. The smallest absolute Gasteiger partial charge is 0.159 e. The van der Waals surface area contributed by atoms with E-state index in [0.29, 0.717) is 0 Å². The molecule has 1 aromatic heterocycles. The van der Waals surface area contributed by atoms with Gasteiger partial charge in [0.15, 0.2) is 5.78 Å². The second kappa shape index (κ2) is 6.37. The maximum absolute atomic E-state index is 10.6. The highest BCUT2D eigenvalue weighted by Gasteiger charge is 1.92. The third kappa shape index (κ3) is 4.61. The number of nitrogens with zero attached hydrogens (tertiary/aromatic N) is 3. The summed E-state index contributed by atoms with van der Waals surface area (Å²) in [5.41, 5.74) is 0.775. The molecule has 2 rings (SSSR count). The van der Waals surface area contributed by atoms with Gasteiger partial charge in [0.1, 0.15) is 0 Å². The summed E-state index contributed by atoms with van der Waals surface area (Å²) in [6, 6.07) is 10.9. The third-order valence-electron chi connectivity index (χ3n) is 1.59. The van der Waals surface area contributed by atoms with E-state index < -0.39 is 0 Å². The SMILES string of the molecule is CC(=O)c1ccccc1.c1cnnnc1. The van der Waals surface area contributed by atoms with Gasteiger partial charge in [-0.25, -0.2) is 0 Å². The number of aromatic nitrogens is 3. The average Bonchev–Trinajstić information content (AvgIpc) is 2.33. The number of Topliss-reactive ketones (excluding diaryl/α,β-unsaturated/α-hetero) is 1. The van der Waals surface area contributed by atoms with Crippen molar-refractivity contribution >= 4 is 5.78 Å². The van der Waals surface area contributed by atoms with Crippen LogP contribution in [0, 0.1) is 0 Å². The number of carbonyl (C=O) groups excluding carboxylic acids is 1. The Labute approximate surface area is 88.0 Å². The van der Waals surface area contributed by atoms with Gasteiger partial charge in [-0.05, 0) is 18.2 Å². The molecule has 76 valence electrons. The van der Waals surface area contributed by atoms with Gasteiger partial charge < -0.3 is 0 Å². The lowest BCUT2D eigenvalue weighted by Crippen LogP contribution is -1.88. The van der Waals surface area contributed by atoms with Crippen LogP contribution in [0.4, 0.5) is 0 Å². The van der Waals surface area contributed by atoms with Gasteiger partial charge >= 0.3 is 0 Å². The molecule has 0 unspecified atom stereocenters. The molecule has 2 aromatic rings. The summed E-state index contributed by atoms with van der Waals surface area (Å²) in [5.74, 6) is 0.121. The highest BCUT2D eigenvalue weighted by molar-refractivity contribution is 5.93. The molecule has 0 fully saturated rings. The molecule has 0 saturated heterocycles. The van der Waals surface area contributed by atoms with Gasteiger partial charge in [0, 0.05) is 5.56 Å². The van der Waals surface area contributed by atoms with Gasteiger partial charge in [-0.1, -0.05) is 30.3 Å². The van der Waals surface area contributed by atoms with Crippen molar-refractivity contribution in [2.24, 2.45) is 0 Å². The molecule has 0 spiro atoms. The lowest BCUT2D eigenvalue weighted by atomic mass is 10.2. The highest BCUT2D eigenvalue weighted by Crippen LogP contribution is 1.97. The van der Waals surface area contributed by atoms with Crippen LogP contribution in [-0.4, -0.2) is 21.2 Å². The second-order valence-electron chi connectivity index (χ2n) is 2.73. The molecule has 1 aromatic carbocycles. The zero-order valence-corrected chi connectivity index (χ0v) is 8.37. The van der Waals surface area contributed by atoms with Crippen LogP contribution in [0.15, 0.2) is 48.8 Å². The first-order chi connectivity index (χ1) is 7.30. The van der Waals surface area contributed by atoms with E-state index >= 15 is 0 Å². The zero-order valence-electron chi connectivity index (χ0n) is 8.37. The van der Waals surface area contributed by atoms with E-state index in [2.05, 4.69) is 15.4 Å². The van der Waals surface area contributed by atoms with E-state index in [1.807, 2.05) is 30.3 Å². The molecular weight excluding hydrogens is 190 g/mol. The Kier molecular flexibility index (Phi) is 4.66. The fourth-order valence-corrected chi connectivity index (χ4v) is 0.878. The van der Waals surface area contributed by atoms with Crippen molar-refractivity contribution in [3.8, 4) is 0 Å². The van der Waals surface area contributed by atoms with Crippen LogP contribution in [0.1, 0.15) is 17.3 Å². The fourth-order valence-electron chi connectivity index (χ4n) is 0.878. The van der Waals surface area contributed by atoms with E-state index in [4.69, 9.17) is 0 Å². The minimum atomic E-state index is 0.121. The topological polar surface area (TPSA) is 55.7 Å². The number of ketones is 1. The number of rotatable bonds is 1. The molecule has 15 heavy (non-hydrogen) atoms. The Morgan fingerprint density at radius 3 is 1.87 bits per heavy atom. The molecular formula is C11H11N3O. The van der Waals surface area contributed by atoms with Crippen molar-refractivity contribution < 1.29 is 4.79 Å². The van der Waals surface area contributed by atoms with Crippen LogP contribution >= 0.6 is 0 Å². The van der Waals surface area contributed by atoms with Crippen molar-refractivity contribution in [2.75, 3.05) is 0 Å². The molecule has 0 amide bonds. The van der Waals surface area contributed by atoms with Crippen molar-refractivity contribution in [3.05, 3.63) is 54.4 Å². The van der Waals surface area contributed by atoms with E-state index in [1.54, 1.807) is 25.4 Å². The molecule has 0 aliphatic rings. The summed E-state index contributed by atoms with van der Waals surface area (Å²) in [4.78, 5) is 10.6. The maximum atomic E-state index is 10.6. The molecule has 0 aliphatic heterocycles. The van der Waals surface area contributed by atoms with Gasteiger partial charge in [0.2, 0.25) is 0 Å². The van der Waals surface area contributed by atoms with Crippen LogP contribution < -0.4 is 0 Å². The van der Waals surface area contributed by atoms with Crippen LogP contribution in [0.5, 0.6) is 0 Å². The Balaban J connectivity index is 0.000000162. The molecule has 0 bridgehead atoms. The van der Waals surface area contributed by atoms with Crippen molar-refractivity contribution in [2.45, 2.75) is 6.92 Å². The first-order valence-corrected chi connectivity index (χ1v) is 4.45. The monoisotopic (exact) mass is 201 g/mol. The molecule has 0 aliphatic carbocycles. The number of benzene rings is 1. The summed E-state index contributed by atoms with van der Waals surface area (Å²) < 4.78 is 0. The van der Waals surface area contributed by atoms with Crippen LogP contribution in [0.2, 0.25) is 0 Å². The lowest BCUT2D eigenvalue weighted by Gasteiger charge is -1.89. The van der Waals surface area contributed by atoms with E-state index in [0.717, 1.165) is 5.56 Å². The average molecular weight is 201 g/mol. The van der Waals surface area contributed by atoms with Crippen LogP contribution in [0.3, 0.4) is 0 Å².